The second-order valence-electron chi connectivity index (χ2n) is 10.2. The zero-order valence-corrected chi connectivity index (χ0v) is 22.3. The summed E-state index contributed by atoms with van der Waals surface area (Å²) in [6, 6.07) is 8.45. The fraction of sp³-hybridized carbons (Fsp3) is 0.609. The molecule has 0 saturated carbocycles. The third-order valence-electron chi connectivity index (χ3n) is 5.61. The lowest BCUT2D eigenvalue weighted by molar-refractivity contribution is 0.0528. The topological polar surface area (TPSA) is 52.5 Å². The van der Waals surface area contributed by atoms with Crippen LogP contribution in [0.25, 0.3) is 10.9 Å². The summed E-state index contributed by atoms with van der Waals surface area (Å²) in [6.07, 6.45) is 0.341. The highest BCUT2D eigenvalue weighted by atomic mass is 79.9. The summed E-state index contributed by atoms with van der Waals surface area (Å²) in [5.74, 6) is 0. The second-order valence-corrected chi connectivity index (χ2v) is 15.9. The average molecular weight is 498 g/mol. The molecule has 30 heavy (non-hydrogen) atoms. The summed E-state index contributed by atoms with van der Waals surface area (Å²) in [5.41, 5.74) is 1.85. The summed E-state index contributed by atoms with van der Waals surface area (Å²) in [4.78, 5) is 12.0. The molecule has 1 N–H and O–H groups in total. The Morgan fingerprint density at radius 2 is 1.83 bits per heavy atom. The second kappa shape index (κ2) is 9.45. The van der Waals surface area contributed by atoms with E-state index in [9.17, 15) is 4.79 Å². The van der Waals surface area contributed by atoms with E-state index in [4.69, 9.17) is 9.16 Å². The Kier molecular flexibility index (Phi) is 7.86. The van der Waals surface area contributed by atoms with Gasteiger partial charge < -0.3 is 19.0 Å². The number of hydrogen-bond donors (Lipinski definition) is 1. The molecule has 0 bridgehead atoms. The molecule has 1 heterocycles. The molecule has 0 fully saturated rings. The number of fused-ring (bicyclic) bond motifs is 1. The number of aromatic nitrogens is 1. The first-order chi connectivity index (χ1) is 13.7. The van der Waals surface area contributed by atoms with Crippen LogP contribution >= 0.6 is 15.9 Å². The van der Waals surface area contributed by atoms with Gasteiger partial charge in [0.15, 0.2) is 8.32 Å². The number of benzene rings is 1. The summed E-state index contributed by atoms with van der Waals surface area (Å²) in [5, 5.41) is 4.23. The number of ether oxygens (including phenoxy) is 1. The quantitative estimate of drug-likeness (QED) is 0.445. The predicted octanol–water partition coefficient (Wildman–Crippen LogP) is 6.49. The van der Waals surface area contributed by atoms with Gasteiger partial charge in [-0.3, -0.25) is 0 Å². The van der Waals surface area contributed by atoms with Crippen LogP contribution in [0.15, 0.2) is 28.7 Å². The number of halogens is 1. The van der Waals surface area contributed by atoms with Gasteiger partial charge >= 0.3 is 6.09 Å². The molecule has 168 valence electrons. The zero-order valence-electron chi connectivity index (χ0n) is 19.7. The molecule has 5 nitrogen and oxygen atoms in total. The minimum Gasteiger partial charge on any atom is -0.444 e. The third-order valence-corrected chi connectivity index (χ3v) is 10.8. The maximum atomic E-state index is 12.0. The van der Waals surface area contributed by atoms with Crippen molar-refractivity contribution in [3.8, 4) is 0 Å². The summed E-state index contributed by atoms with van der Waals surface area (Å²) in [6.45, 7) is 18.9. The Balaban J connectivity index is 2.13. The highest BCUT2D eigenvalue weighted by Gasteiger charge is 2.36. The smallest absolute Gasteiger partial charge is 0.407 e. The lowest BCUT2D eigenvalue weighted by Crippen LogP contribution is -2.41. The van der Waals surface area contributed by atoms with E-state index in [0.717, 1.165) is 17.4 Å². The molecule has 0 aliphatic heterocycles. The van der Waals surface area contributed by atoms with E-state index >= 15 is 0 Å². The summed E-state index contributed by atoms with van der Waals surface area (Å²) >= 11 is 3.67. The molecule has 2 rings (SSSR count). The van der Waals surface area contributed by atoms with Crippen molar-refractivity contribution in [3.05, 3.63) is 34.4 Å². The average Bonchev–Trinajstić information content (AvgIpc) is 2.91. The van der Waals surface area contributed by atoms with E-state index in [1.54, 1.807) is 0 Å². The van der Waals surface area contributed by atoms with Gasteiger partial charge in [0.25, 0.3) is 0 Å². The van der Waals surface area contributed by atoms with Crippen LogP contribution < -0.4 is 5.32 Å². The molecule has 0 saturated heterocycles. The van der Waals surface area contributed by atoms with Gasteiger partial charge in [-0.2, -0.15) is 0 Å². The molecule has 7 heteroatoms. The van der Waals surface area contributed by atoms with Gasteiger partial charge in [0, 0.05) is 40.6 Å². The molecular weight excluding hydrogens is 460 g/mol. The highest BCUT2D eigenvalue weighted by molar-refractivity contribution is 9.10. The van der Waals surface area contributed by atoms with Crippen molar-refractivity contribution in [2.75, 3.05) is 13.2 Å². The molecule has 2 aromatic rings. The van der Waals surface area contributed by atoms with Gasteiger partial charge in [-0.15, -0.1) is 0 Å². The Labute approximate surface area is 190 Å². The van der Waals surface area contributed by atoms with Crippen LogP contribution in [0.4, 0.5) is 4.79 Å². The van der Waals surface area contributed by atoms with Crippen LogP contribution in [0, 0.1) is 0 Å². The van der Waals surface area contributed by atoms with Gasteiger partial charge in [-0.05, 0) is 57.1 Å². The van der Waals surface area contributed by atoms with Gasteiger partial charge in [-0.1, -0.05) is 42.8 Å². The lowest BCUT2D eigenvalue weighted by atomic mass is 10.2. The molecule has 0 radical (unpaired) electrons. The SMILES string of the molecule is CC(C)(C)OC(=O)NCCc1cc2c(Br)cccc2n1CCO[Si](C)(C)C(C)(C)C. The van der Waals surface area contributed by atoms with E-state index in [1.165, 1.54) is 16.6 Å². The first-order valence-electron chi connectivity index (χ1n) is 10.6. The number of nitrogens with one attached hydrogen (secondary N) is 1. The van der Waals surface area contributed by atoms with E-state index in [0.29, 0.717) is 13.2 Å². The van der Waals surface area contributed by atoms with E-state index < -0.39 is 13.9 Å². The minimum absolute atomic E-state index is 0.189. The summed E-state index contributed by atoms with van der Waals surface area (Å²) < 4.78 is 15.1. The number of nitrogens with zero attached hydrogens (tertiary/aromatic N) is 1. The normalized spacial score (nSPS) is 13.0. The van der Waals surface area contributed by atoms with Crippen molar-refractivity contribution in [2.24, 2.45) is 0 Å². The van der Waals surface area contributed by atoms with Crippen molar-refractivity contribution >= 4 is 41.2 Å². The Morgan fingerprint density at radius 1 is 1.17 bits per heavy atom. The number of carbonyl (C=O) groups is 1. The Hall–Kier alpha value is -1.31. The lowest BCUT2D eigenvalue weighted by Gasteiger charge is -2.36. The van der Waals surface area contributed by atoms with Crippen molar-refractivity contribution in [1.82, 2.24) is 9.88 Å². The molecule has 1 amide bonds. The molecule has 0 aliphatic carbocycles. The van der Waals surface area contributed by atoms with Crippen LogP contribution in [0.5, 0.6) is 0 Å². The predicted molar refractivity (Wildman–Crippen MR) is 131 cm³/mol. The standard InChI is InChI=1S/C23H37BrN2O3Si/c1-22(2,3)29-21(27)25-13-12-17-16-18-19(24)10-9-11-20(18)26(17)14-15-28-30(7,8)23(4,5)6/h9-11,16H,12-15H2,1-8H3,(H,25,27). The van der Waals surface area contributed by atoms with Crippen LogP contribution in [0.1, 0.15) is 47.2 Å². The van der Waals surface area contributed by atoms with Gasteiger partial charge in [0.1, 0.15) is 5.60 Å². The zero-order chi connectivity index (χ0) is 22.7. The summed E-state index contributed by atoms with van der Waals surface area (Å²) in [7, 11) is -1.79. The van der Waals surface area contributed by atoms with Crippen LogP contribution in [0.3, 0.4) is 0 Å². The van der Waals surface area contributed by atoms with Gasteiger partial charge in [0.2, 0.25) is 0 Å². The molecule has 1 aromatic heterocycles. The van der Waals surface area contributed by atoms with E-state index in [2.05, 4.69) is 83.9 Å². The number of amides is 1. The van der Waals surface area contributed by atoms with Crippen molar-refractivity contribution in [1.29, 1.82) is 0 Å². The van der Waals surface area contributed by atoms with E-state index in [1.807, 2.05) is 20.8 Å². The molecular formula is C23H37BrN2O3Si. The van der Waals surface area contributed by atoms with Crippen molar-refractivity contribution in [3.63, 3.8) is 0 Å². The largest absolute Gasteiger partial charge is 0.444 e. The number of carbonyl (C=O) groups excluding carboxylic acids is 1. The molecule has 0 atom stereocenters. The van der Waals surface area contributed by atoms with Crippen LogP contribution in [-0.2, 0) is 22.1 Å². The highest BCUT2D eigenvalue weighted by Crippen LogP contribution is 2.36. The van der Waals surface area contributed by atoms with Crippen molar-refractivity contribution < 1.29 is 14.0 Å². The van der Waals surface area contributed by atoms with Gasteiger partial charge in [-0.25, -0.2) is 4.79 Å². The Morgan fingerprint density at radius 3 is 2.43 bits per heavy atom. The first-order valence-corrected chi connectivity index (χ1v) is 14.3. The monoisotopic (exact) mass is 496 g/mol. The maximum Gasteiger partial charge on any atom is 0.407 e. The fourth-order valence-corrected chi connectivity index (χ4v) is 4.49. The first kappa shape index (κ1) is 25.0. The number of hydrogen-bond acceptors (Lipinski definition) is 3. The number of rotatable bonds is 7. The number of alkyl carbamates (subject to hydrolysis) is 1. The van der Waals surface area contributed by atoms with Gasteiger partial charge in [0.05, 0.1) is 6.61 Å². The third kappa shape index (κ3) is 6.59. The Bertz CT molecular complexity index is 879. The van der Waals surface area contributed by atoms with Crippen molar-refractivity contribution in [2.45, 2.75) is 78.2 Å². The molecule has 1 aromatic carbocycles. The minimum atomic E-state index is -1.79. The fourth-order valence-electron chi connectivity index (χ4n) is 2.99. The maximum absolute atomic E-state index is 12.0. The molecule has 0 unspecified atom stereocenters. The molecule has 0 spiro atoms. The van der Waals surface area contributed by atoms with Crippen LogP contribution in [0.2, 0.25) is 18.1 Å². The van der Waals surface area contributed by atoms with Crippen LogP contribution in [-0.4, -0.2) is 37.7 Å². The molecule has 0 aliphatic rings. The van der Waals surface area contributed by atoms with E-state index in [-0.39, 0.29) is 11.1 Å².